The molecule has 6 heteroatoms. The van der Waals surface area contributed by atoms with E-state index >= 15 is 0 Å². The van der Waals surface area contributed by atoms with Crippen molar-refractivity contribution >= 4 is 34.7 Å². The van der Waals surface area contributed by atoms with Crippen molar-refractivity contribution in [2.75, 3.05) is 23.7 Å². The third-order valence-electron chi connectivity index (χ3n) is 4.72. The summed E-state index contributed by atoms with van der Waals surface area (Å²) in [5.41, 5.74) is 8.39. The van der Waals surface area contributed by atoms with Crippen molar-refractivity contribution in [1.29, 1.82) is 5.26 Å². The van der Waals surface area contributed by atoms with Crippen molar-refractivity contribution in [3.8, 4) is 6.07 Å². The molecule has 0 aliphatic carbocycles. The van der Waals surface area contributed by atoms with E-state index in [1.54, 1.807) is 12.1 Å². The van der Waals surface area contributed by atoms with Crippen molar-refractivity contribution in [2.24, 2.45) is 11.8 Å². The molecule has 132 valence electrons. The molecule has 1 saturated heterocycles. The van der Waals surface area contributed by atoms with Crippen LogP contribution in [0.4, 0.5) is 11.5 Å². The molecular weight excluding hydrogens is 355 g/mol. The quantitative estimate of drug-likeness (QED) is 0.838. The Hall–Kier alpha value is -1.83. The average molecular weight is 377 g/mol. The topological polar surface area (TPSA) is 58.0 Å². The van der Waals surface area contributed by atoms with Crippen LogP contribution in [0.15, 0.2) is 24.3 Å². The first kappa shape index (κ1) is 18.0. The molecule has 3 rings (SSSR count). The lowest BCUT2D eigenvalue weighted by molar-refractivity contribution is 0.353. The molecule has 1 aromatic carbocycles. The van der Waals surface area contributed by atoms with Gasteiger partial charge in [-0.3, -0.25) is 0 Å². The third kappa shape index (κ3) is 3.73. The minimum atomic E-state index is 0.491. The van der Waals surface area contributed by atoms with Crippen LogP contribution in [0.1, 0.15) is 31.5 Å². The van der Waals surface area contributed by atoms with Gasteiger partial charge in [-0.25, -0.2) is 0 Å². The standard InChI is InChI=1S/C19H22Cl2N4/c1-12-5-13(2)10-24(9-12)19-18(23)7-16(8-22)25(19)11-14-3-4-15(20)6-17(14)21/h3-4,6-7,12-13H,5,9-11,23H2,1-2H3. The van der Waals surface area contributed by atoms with E-state index < -0.39 is 0 Å². The molecule has 0 bridgehead atoms. The van der Waals surface area contributed by atoms with Gasteiger partial charge in [0, 0.05) is 23.1 Å². The maximum absolute atomic E-state index is 9.55. The summed E-state index contributed by atoms with van der Waals surface area (Å²) >= 11 is 12.3. The maximum atomic E-state index is 9.55. The zero-order chi connectivity index (χ0) is 18.1. The molecule has 0 saturated carbocycles. The first-order chi connectivity index (χ1) is 11.9. The summed E-state index contributed by atoms with van der Waals surface area (Å²) < 4.78 is 1.97. The number of rotatable bonds is 3. The summed E-state index contributed by atoms with van der Waals surface area (Å²) in [6.07, 6.45) is 1.21. The SMILES string of the molecule is CC1CC(C)CN(c2c(N)cc(C#N)n2Cc2ccc(Cl)cc2Cl)C1. The van der Waals surface area contributed by atoms with Gasteiger partial charge in [0.1, 0.15) is 17.6 Å². The highest BCUT2D eigenvalue weighted by molar-refractivity contribution is 6.35. The van der Waals surface area contributed by atoms with Crippen LogP contribution in [0, 0.1) is 23.2 Å². The molecule has 2 unspecified atom stereocenters. The number of hydrogen-bond acceptors (Lipinski definition) is 3. The smallest absolute Gasteiger partial charge is 0.133 e. The first-order valence-electron chi connectivity index (χ1n) is 8.47. The molecule has 2 aromatic rings. The van der Waals surface area contributed by atoms with Crippen LogP contribution in [-0.2, 0) is 6.54 Å². The zero-order valence-corrected chi connectivity index (χ0v) is 16.0. The van der Waals surface area contributed by atoms with Crippen molar-refractivity contribution in [3.63, 3.8) is 0 Å². The van der Waals surface area contributed by atoms with Gasteiger partial charge in [-0.1, -0.05) is 43.1 Å². The van der Waals surface area contributed by atoms with Gasteiger partial charge in [-0.15, -0.1) is 0 Å². The van der Waals surface area contributed by atoms with Crippen molar-refractivity contribution in [3.05, 3.63) is 45.6 Å². The Balaban J connectivity index is 2.02. The van der Waals surface area contributed by atoms with E-state index in [1.165, 1.54) is 6.42 Å². The predicted molar refractivity (Wildman–Crippen MR) is 104 cm³/mol. The Morgan fingerprint density at radius 1 is 1.20 bits per heavy atom. The van der Waals surface area contributed by atoms with Gasteiger partial charge in [0.2, 0.25) is 0 Å². The van der Waals surface area contributed by atoms with Crippen molar-refractivity contribution < 1.29 is 0 Å². The van der Waals surface area contributed by atoms with E-state index in [4.69, 9.17) is 28.9 Å². The summed E-state index contributed by atoms with van der Waals surface area (Å²) in [6.45, 7) is 6.89. The number of nitrogens with two attached hydrogens (primary N) is 1. The largest absolute Gasteiger partial charge is 0.396 e. The van der Waals surface area contributed by atoms with Gasteiger partial charge in [-0.2, -0.15) is 5.26 Å². The Morgan fingerprint density at radius 2 is 1.88 bits per heavy atom. The van der Waals surface area contributed by atoms with E-state index in [9.17, 15) is 5.26 Å². The molecule has 0 radical (unpaired) electrons. The number of halogens is 2. The molecule has 2 N–H and O–H groups in total. The van der Waals surface area contributed by atoms with Crippen LogP contribution in [-0.4, -0.2) is 17.7 Å². The lowest BCUT2D eigenvalue weighted by Crippen LogP contribution is -2.40. The predicted octanol–water partition coefficient (Wildman–Crippen LogP) is 4.78. The highest BCUT2D eigenvalue weighted by atomic mass is 35.5. The number of nitriles is 1. The number of aromatic nitrogens is 1. The fraction of sp³-hybridized carbons (Fsp3) is 0.421. The van der Waals surface area contributed by atoms with Crippen LogP contribution in [0.2, 0.25) is 10.0 Å². The molecule has 2 heterocycles. The van der Waals surface area contributed by atoms with E-state index in [0.717, 1.165) is 24.5 Å². The van der Waals surface area contributed by atoms with Crippen LogP contribution in [0.25, 0.3) is 0 Å². The Labute approximate surface area is 158 Å². The maximum Gasteiger partial charge on any atom is 0.133 e. The molecular formula is C19H22Cl2N4. The summed E-state index contributed by atoms with van der Waals surface area (Å²) in [5.74, 6) is 2.10. The monoisotopic (exact) mass is 376 g/mol. The second kappa shape index (κ2) is 7.19. The fourth-order valence-electron chi connectivity index (χ4n) is 3.82. The highest BCUT2D eigenvalue weighted by Crippen LogP contribution is 2.34. The van der Waals surface area contributed by atoms with E-state index in [0.29, 0.717) is 39.8 Å². The van der Waals surface area contributed by atoms with Crippen molar-refractivity contribution in [1.82, 2.24) is 4.57 Å². The highest BCUT2D eigenvalue weighted by Gasteiger charge is 2.27. The van der Waals surface area contributed by atoms with Gasteiger partial charge < -0.3 is 15.2 Å². The Morgan fingerprint density at radius 3 is 2.48 bits per heavy atom. The molecule has 0 spiro atoms. The molecule has 4 nitrogen and oxygen atoms in total. The average Bonchev–Trinajstić information content (AvgIpc) is 2.84. The van der Waals surface area contributed by atoms with Gasteiger partial charge in [-0.05, 0) is 42.0 Å². The lowest BCUT2D eigenvalue weighted by atomic mass is 9.92. The van der Waals surface area contributed by atoms with Crippen molar-refractivity contribution in [2.45, 2.75) is 26.8 Å². The summed E-state index contributed by atoms with van der Waals surface area (Å²) in [5, 5.41) is 10.7. The van der Waals surface area contributed by atoms with Crippen LogP contribution < -0.4 is 10.6 Å². The number of nitrogen functional groups attached to an aromatic ring is 1. The van der Waals surface area contributed by atoms with Gasteiger partial charge >= 0.3 is 0 Å². The van der Waals surface area contributed by atoms with Gasteiger partial charge in [0.15, 0.2) is 0 Å². The fourth-order valence-corrected chi connectivity index (χ4v) is 4.29. The van der Waals surface area contributed by atoms with Gasteiger partial charge in [0.25, 0.3) is 0 Å². The number of piperidine rings is 1. The summed E-state index contributed by atoms with van der Waals surface area (Å²) in [6, 6.07) is 9.44. The summed E-state index contributed by atoms with van der Waals surface area (Å²) in [7, 11) is 0. The van der Waals surface area contributed by atoms with Gasteiger partial charge in [0.05, 0.1) is 12.2 Å². The number of benzene rings is 1. The minimum Gasteiger partial charge on any atom is -0.396 e. The molecule has 1 aliphatic rings. The number of hydrogen-bond donors (Lipinski definition) is 1. The molecule has 1 aromatic heterocycles. The minimum absolute atomic E-state index is 0.491. The third-order valence-corrected chi connectivity index (χ3v) is 5.31. The van der Waals surface area contributed by atoms with Crippen LogP contribution >= 0.6 is 23.2 Å². The summed E-state index contributed by atoms with van der Waals surface area (Å²) in [4.78, 5) is 2.30. The second-order valence-corrected chi connectivity index (χ2v) is 7.94. The molecule has 25 heavy (non-hydrogen) atoms. The second-order valence-electron chi connectivity index (χ2n) is 7.09. The Bertz CT molecular complexity index is 812. The number of nitrogens with zero attached hydrogens (tertiary/aromatic N) is 3. The first-order valence-corrected chi connectivity index (χ1v) is 9.22. The molecule has 0 amide bonds. The Kier molecular flexibility index (Phi) is 5.17. The van der Waals surface area contributed by atoms with Crippen LogP contribution in [0.3, 0.4) is 0 Å². The molecule has 1 fully saturated rings. The van der Waals surface area contributed by atoms with E-state index in [2.05, 4.69) is 24.8 Å². The number of anilines is 2. The molecule has 2 atom stereocenters. The lowest BCUT2D eigenvalue weighted by Gasteiger charge is -2.37. The zero-order valence-electron chi connectivity index (χ0n) is 14.5. The van der Waals surface area contributed by atoms with E-state index in [1.807, 2.05) is 16.7 Å². The molecule has 1 aliphatic heterocycles. The van der Waals surface area contributed by atoms with Crippen LogP contribution in [0.5, 0.6) is 0 Å². The van der Waals surface area contributed by atoms with E-state index in [-0.39, 0.29) is 0 Å². The normalized spacial score (nSPS) is 20.5.